The van der Waals surface area contributed by atoms with Crippen LogP contribution in [0.3, 0.4) is 0 Å². The van der Waals surface area contributed by atoms with Crippen molar-refractivity contribution in [1.29, 1.82) is 0 Å². The highest BCUT2D eigenvalue weighted by Gasteiger charge is 2.39. The highest BCUT2D eigenvalue weighted by Crippen LogP contribution is 2.40. The summed E-state index contributed by atoms with van der Waals surface area (Å²) >= 11 is 0. The lowest BCUT2D eigenvalue weighted by atomic mass is 9.67. The van der Waals surface area contributed by atoms with Gasteiger partial charge in [0.05, 0.1) is 0 Å². The molecule has 0 aromatic carbocycles. The van der Waals surface area contributed by atoms with Crippen molar-refractivity contribution >= 4 is 0 Å². The van der Waals surface area contributed by atoms with Crippen molar-refractivity contribution in [3.63, 3.8) is 0 Å². The van der Waals surface area contributed by atoms with E-state index in [1.54, 1.807) is 0 Å². The molecule has 0 bridgehead atoms. The zero-order chi connectivity index (χ0) is 13.2. The standard InChI is InChI=1S/C16H33N/c1-8-14-9-17(13(6)7)10-15(11(2)3)16(14)12(4)5/h11-16H,8-10H2,1-7H3. The van der Waals surface area contributed by atoms with Gasteiger partial charge in [0.15, 0.2) is 0 Å². The zero-order valence-corrected chi connectivity index (χ0v) is 13.0. The molecule has 0 aliphatic carbocycles. The van der Waals surface area contributed by atoms with E-state index >= 15 is 0 Å². The molecule has 3 unspecified atom stereocenters. The summed E-state index contributed by atoms with van der Waals surface area (Å²) in [5, 5.41) is 0. The molecule has 0 N–H and O–H groups in total. The van der Waals surface area contributed by atoms with Gasteiger partial charge in [-0.3, -0.25) is 0 Å². The van der Waals surface area contributed by atoms with Gasteiger partial charge in [0, 0.05) is 19.1 Å². The average Bonchev–Trinajstić information content (AvgIpc) is 2.26. The number of likely N-dealkylation sites (tertiary alicyclic amines) is 1. The van der Waals surface area contributed by atoms with E-state index in [-0.39, 0.29) is 0 Å². The summed E-state index contributed by atoms with van der Waals surface area (Å²) in [5.41, 5.74) is 0. The van der Waals surface area contributed by atoms with E-state index < -0.39 is 0 Å². The SMILES string of the molecule is CCC1CN(C(C)C)CC(C(C)C)C1C(C)C. The second kappa shape index (κ2) is 6.22. The molecule has 1 saturated heterocycles. The molecule has 102 valence electrons. The molecule has 1 fully saturated rings. The minimum Gasteiger partial charge on any atom is -0.300 e. The molecule has 0 aromatic rings. The van der Waals surface area contributed by atoms with Crippen LogP contribution in [0.1, 0.15) is 54.9 Å². The van der Waals surface area contributed by atoms with E-state index in [4.69, 9.17) is 0 Å². The lowest BCUT2D eigenvalue weighted by Gasteiger charge is -2.48. The first-order valence-electron chi connectivity index (χ1n) is 7.62. The molecule has 17 heavy (non-hydrogen) atoms. The van der Waals surface area contributed by atoms with Crippen molar-refractivity contribution in [3.8, 4) is 0 Å². The fourth-order valence-corrected chi connectivity index (χ4v) is 3.76. The van der Waals surface area contributed by atoms with Gasteiger partial charge in [0.1, 0.15) is 0 Å². The third-order valence-electron chi connectivity index (χ3n) is 4.83. The van der Waals surface area contributed by atoms with E-state index in [9.17, 15) is 0 Å². The molecule has 1 heteroatoms. The van der Waals surface area contributed by atoms with E-state index in [2.05, 4.69) is 53.4 Å². The molecule has 0 aromatic heterocycles. The van der Waals surface area contributed by atoms with Crippen molar-refractivity contribution < 1.29 is 0 Å². The fraction of sp³-hybridized carbons (Fsp3) is 1.00. The molecular formula is C16H33N. The van der Waals surface area contributed by atoms with Crippen LogP contribution in [-0.2, 0) is 0 Å². The van der Waals surface area contributed by atoms with E-state index in [0.717, 1.165) is 29.6 Å². The van der Waals surface area contributed by atoms with Gasteiger partial charge in [-0.15, -0.1) is 0 Å². The molecule has 0 spiro atoms. The number of hydrogen-bond acceptors (Lipinski definition) is 1. The Labute approximate surface area is 109 Å². The van der Waals surface area contributed by atoms with Crippen molar-refractivity contribution in [1.82, 2.24) is 4.90 Å². The third kappa shape index (κ3) is 3.47. The maximum Gasteiger partial charge on any atom is 0.00388 e. The largest absolute Gasteiger partial charge is 0.300 e. The van der Waals surface area contributed by atoms with E-state index in [1.165, 1.54) is 19.5 Å². The van der Waals surface area contributed by atoms with Gasteiger partial charge in [-0.2, -0.15) is 0 Å². The average molecular weight is 239 g/mol. The summed E-state index contributed by atoms with van der Waals surface area (Å²) in [5.74, 6) is 4.37. The first kappa shape index (κ1) is 15.0. The Balaban J connectivity index is 2.87. The van der Waals surface area contributed by atoms with Crippen molar-refractivity contribution in [2.75, 3.05) is 13.1 Å². The van der Waals surface area contributed by atoms with E-state index in [0.29, 0.717) is 6.04 Å². The Hall–Kier alpha value is -0.0400. The van der Waals surface area contributed by atoms with Crippen molar-refractivity contribution in [2.24, 2.45) is 29.6 Å². The number of rotatable bonds is 4. The van der Waals surface area contributed by atoms with Crippen LogP contribution in [0, 0.1) is 29.6 Å². The Morgan fingerprint density at radius 2 is 1.53 bits per heavy atom. The van der Waals surface area contributed by atoms with Crippen LogP contribution >= 0.6 is 0 Å². The van der Waals surface area contributed by atoms with Crippen LogP contribution in [0.2, 0.25) is 0 Å². The van der Waals surface area contributed by atoms with Gasteiger partial charge in [0.2, 0.25) is 0 Å². The van der Waals surface area contributed by atoms with Crippen LogP contribution in [0.5, 0.6) is 0 Å². The Morgan fingerprint density at radius 3 is 1.88 bits per heavy atom. The maximum absolute atomic E-state index is 2.71. The molecule has 1 rings (SSSR count). The molecule has 1 heterocycles. The second-order valence-electron chi connectivity index (χ2n) is 6.95. The predicted molar refractivity (Wildman–Crippen MR) is 77.1 cm³/mol. The molecule has 1 aliphatic rings. The quantitative estimate of drug-likeness (QED) is 0.708. The monoisotopic (exact) mass is 239 g/mol. The predicted octanol–water partition coefficient (Wildman–Crippen LogP) is 4.28. The third-order valence-corrected chi connectivity index (χ3v) is 4.83. The van der Waals surface area contributed by atoms with Crippen LogP contribution in [0.15, 0.2) is 0 Å². The summed E-state index contributed by atoms with van der Waals surface area (Å²) in [6, 6.07) is 0.707. The molecular weight excluding hydrogens is 206 g/mol. The second-order valence-corrected chi connectivity index (χ2v) is 6.95. The van der Waals surface area contributed by atoms with Crippen LogP contribution in [-0.4, -0.2) is 24.0 Å². The Morgan fingerprint density at radius 1 is 0.941 bits per heavy atom. The molecule has 0 amide bonds. The van der Waals surface area contributed by atoms with Gasteiger partial charge in [0.25, 0.3) is 0 Å². The van der Waals surface area contributed by atoms with Crippen molar-refractivity contribution in [2.45, 2.75) is 60.9 Å². The van der Waals surface area contributed by atoms with E-state index in [1.807, 2.05) is 0 Å². The molecule has 0 radical (unpaired) electrons. The Kier molecular flexibility index (Phi) is 5.50. The van der Waals surface area contributed by atoms with Gasteiger partial charge in [-0.1, -0.05) is 41.0 Å². The highest BCUT2D eigenvalue weighted by molar-refractivity contribution is 4.90. The maximum atomic E-state index is 2.71. The molecule has 3 atom stereocenters. The summed E-state index contributed by atoms with van der Waals surface area (Å²) in [6.45, 7) is 19.4. The van der Waals surface area contributed by atoms with Gasteiger partial charge < -0.3 is 4.90 Å². The zero-order valence-electron chi connectivity index (χ0n) is 13.0. The summed E-state index contributed by atoms with van der Waals surface area (Å²) < 4.78 is 0. The van der Waals surface area contributed by atoms with Crippen molar-refractivity contribution in [3.05, 3.63) is 0 Å². The minimum absolute atomic E-state index is 0.707. The van der Waals surface area contributed by atoms with Gasteiger partial charge >= 0.3 is 0 Å². The van der Waals surface area contributed by atoms with Crippen LogP contribution in [0.25, 0.3) is 0 Å². The summed E-state index contributed by atoms with van der Waals surface area (Å²) in [4.78, 5) is 2.71. The first-order valence-corrected chi connectivity index (χ1v) is 7.62. The molecule has 1 aliphatic heterocycles. The topological polar surface area (TPSA) is 3.24 Å². The smallest absolute Gasteiger partial charge is 0.00388 e. The minimum atomic E-state index is 0.707. The lowest BCUT2D eigenvalue weighted by molar-refractivity contribution is -0.00341. The van der Waals surface area contributed by atoms with Gasteiger partial charge in [-0.25, -0.2) is 0 Å². The van der Waals surface area contributed by atoms with Crippen LogP contribution in [0.4, 0.5) is 0 Å². The number of hydrogen-bond donors (Lipinski definition) is 0. The number of nitrogens with zero attached hydrogens (tertiary/aromatic N) is 1. The Bertz CT molecular complexity index is 220. The molecule has 0 saturated carbocycles. The lowest BCUT2D eigenvalue weighted by Crippen LogP contribution is -2.51. The number of piperidine rings is 1. The highest BCUT2D eigenvalue weighted by atomic mass is 15.2. The summed E-state index contributed by atoms with van der Waals surface area (Å²) in [6.07, 6.45) is 1.34. The molecule has 1 nitrogen and oxygen atoms in total. The van der Waals surface area contributed by atoms with Crippen LogP contribution < -0.4 is 0 Å². The normalized spacial score (nSPS) is 31.8. The first-order chi connectivity index (χ1) is 7.88. The van der Waals surface area contributed by atoms with Gasteiger partial charge in [-0.05, 0) is 43.4 Å². The summed E-state index contributed by atoms with van der Waals surface area (Å²) in [7, 11) is 0. The fourth-order valence-electron chi connectivity index (χ4n) is 3.76.